The number of nitrogens with one attached hydrogen (secondary N) is 1. The van der Waals surface area contributed by atoms with Gasteiger partial charge in [-0.3, -0.25) is 0 Å². The highest BCUT2D eigenvalue weighted by Crippen LogP contribution is 2.09. The monoisotopic (exact) mass is 217 g/mol. The largest absolute Gasteiger partial charge is 0.394 e. The summed E-state index contributed by atoms with van der Waals surface area (Å²) in [6.45, 7) is 1.47. The number of urea groups is 1. The molecule has 1 heterocycles. The van der Waals surface area contributed by atoms with Gasteiger partial charge >= 0.3 is 6.03 Å². The van der Waals surface area contributed by atoms with Gasteiger partial charge in [-0.15, -0.1) is 0 Å². The Morgan fingerprint density at radius 2 is 2.13 bits per heavy atom. The molecule has 0 aliphatic carbocycles. The number of carbonyl (C=O) groups is 1. The lowest BCUT2D eigenvalue weighted by atomic mass is 10.1. The van der Waals surface area contributed by atoms with Crippen LogP contribution in [0.2, 0.25) is 0 Å². The van der Waals surface area contributed by atoms with E-state index in [9.17, 15) is 4.79 Å². The smallest absolute Gasteiger partial charge is 0.314 e. The number of aliphatic hydroxyl groups is 2. The van der Waals surface area contributed by atoms with E-state index in [-0.39, 0.29) is 12.6 Å². The first-order valence-corrected chi connectivity index (χ1v) is 5.20. The third-order valence-electron chi connectivity index (χ3n) is 2.66. The molecule has 5 N–H and O–H groups in total. The zero-order valence-corrected chi connectivity index (χ0v) is 8.72. The maximum Gasteiger partial charge on any atom is 0.314 e. The first-order valence-electron chi connectivity index (χ1n) is 5.20. The molecule has 0 aromatic carbocycles. The van der Waals surface area contributed by atoms with E-state index in [4.69, 9.17) is 15.9 Å². The van der Waals surface area contributed by atoms with Gasteiger partial charge in [-0.05, 0) is 12.8 Å². The minimum atomic E-state index is -0.709. The number of carbonyl (C=O) groups excluding carboxylic acids is 1. The molecule has 6 heteroatoms. The predicted molar refractivity (Wildman–Crippen MR) is 55.3 cm³/mol. The molecule has 0 aromatic rings. The van der Waals surface area contributed by atoms with Crippen LogP contribution < -0.4 is 11.1 Å². The molecule has 0 spiro atoms. The average molecular weight is 217 g/mol. The van der Waals surface area contributed by atoms with Crippen molar-refractivity contribution in [2.45, 2.75) is 25.0 Å². The SMILES string of the molecule is NC(=O)N1CCC(NCC(O)CO)CC1. The molecule has 0 radical (unpaired) electrons. The second kappa shape index (κ2) is 5.89. The van der Waals surface area contributed by atoms with E-state index >= 15 is 0 Å². The topological polar surface area (TPSA) is 98.8 Å². The van der Waals surface area contributed by atoms with Gasteiger partial charge < -0.3 is 26.2 Å². The summed E-state index contributed by atoms with van der Waals surface area (Å²) < 4.78 is 0. The van der Waals surface area contributed by atoms with Gasteiger partial charge in [0, 0.05) is 25.7 Å². The molecule has 2 amide bonds. The normalized spacial score (nSPS) is 20.3. The lowest BCUT2D eigenvalue weighted by Crippen LogP contribution is -2.48. The Morgan fingerprint density at radius 3 is 2.60 bits per heavy atom. The van der Waals surface area contributed by atoms with Crippen LogP contribution in [0.15, 0.2) is 0 Å². The van der Waals surface area contributed by atoms with Crippen LogP contribution in [0.5, 0.6) is 0 Å². The van der Waals surface area contributed by atoms with E-state index in [0.717, 1.165) is 12.8 Å². The molecule has 0 saturated carbocycles. The Kier molecular flexibility index (Phi) is 4.80. The first kappa shape index (κ1) is 12.2. The van der Waals surface area contributed by atoms with Crippen LogP contribution in [-0.2, 0) is 0 Å². The third kappa shape index (κ3) is 4.03. The Balaban J connectivity index is 2.17. The molecular formula is C9H19N3O3. The highest BCUT2D eigenvalue weighted by atomic mass is 16.3. The zero-order valence-electron chi connectivity index (χ0n) is 8.72. The molecular weight excluding hydrogens is 198 g/mol. The number of likely N-dealkylation sites (tertiary alicyclic amines) is 1. The fraction of sp³-hybridized carbons (Fsp3) is 0.889. The second-order valence-corrected chi connectivity index (χ2v) is 3.84. The molecule has 1 saturated heterocycles. The summed E-state index contributed by atoms with van der Waals surface area (Å²) in [5.74, 6) is 0. The van der Waals surface area contributed by atoms with Crippen molar-refractivity contribution in [1.29, 1.82) is 0 Å². The van der Waals surface area contributed by atoms with Gasteiger partial charge in [-0.1, -0.05) is 0 Å². The number of piperidine rings is 1. The van der Waals surface area contributed by atoms with Gasteiger partial charge in [0.05, 0.1) is 12.7 Å². The molecule has 6 nitrogen and oxygen atoms in total. The Bertz CT molecular complexity index is 205. The fourth-order valence-corrected chi connectivity index (χ4v) is 1.67. The van der Waals surface area contributed by atoms with Crippen molar-refractivity contribution in [3.05, 3.63) is 0 Å². The molecule has 1 atom stereocenters. The van der Waals surface area contributed by atoms with E-state index in [0.29, 0.717) is 25.7 Å². The van der Waals surface area contributed by atoms with Gasteiger partial charge in [0.1, 0.15) is 0 Å². The number of hydrogen-bond donors (Lipinski definition) is 4. The highest BCUT2D eigenvalue weighted by molar-refractivity contribution is 5.72. The van der Waals surface area contributed by atoms with Crippen LogP contribution in [-0.4, -0.2) is 59.5 Å². The molecule has 1 aliphatic rings. The van der Waals surface area contributed by atoms with Crippen molar-refractivity contribution in [2.24, 2.45) is 5.73 Å². The van der Waals surface area contributed by atoms with E-state index in [1.165, 1.54) is 0 Å². The summed E-state index contributed by atoms with van der Waals surface area (Å²) in [4.78, 5) is 12.4. The number of nitrogens with zero attached hydrogens (tertiary/aromatic N) is 1. The van der Waals surface area contributed by atoms with Crippen LogP contribution >= 0.6 is 0 Å². The van der Waals surface area contributed by atoms with Crippen molar-refractivity contribution in [3.8, 4) is 0 Å². The van der Waals surface area contributed by atoms with Gasteiger partial charge in [-0.2, -0.15) is 0 Å². The van der Waals surface area contributed by atoms with Crippen molar-refractivity contribution >= 4 is 6.03 Å². The zero-order chi connectivity index (χ0) is 11.3. The van der Waals surface area contributed by atoms with Gasteiger partial charge in [-0.25, -0.2) is 4.79 Å². The van der Waals surface area contributed by atoms with Crippen molar-refractivity contribution in [3.63, 3.8) is 0 Å². The summed E-state index contributed by atoms with van der Waals surface area (Å²) in [6, 6.07) is -0.0781. The van der Waals surface area contributed by atoms with E-state index in [1.807, 2.05) is 0 Å². The third-order valence-corrected chi connectivity index (χ3v) is 2.66. The summed E-state index contributed by atoms with van der Waals surface area (Å²) >= 11 is 0. The van der Waals surface area contributed by atoms with Crippen LogP contribution in [0.1, 0.15) is 12.8 Å². The maximum absolute atomic E-state index is 10.8. The van der Waals surface area contributed by atoms with Gasteiger partial charge in [0.15, 0.2) is 0 Å². The summed E-state index contributed by atoms with van der Waals surface area (Å²) in [5, 5.41) is 20.9. The van der Waals surface area contributed by atoms with Crippen LogP contribution in [0.4, 0.5) is 4.79 Å². The minimum Gasteiger partial charge on any atom is -0.394 e. The molecule has 1 fully saturated rings. The van der Waals surface area contributed by atoms with Crippen LogP contribution in [0, 0.1) is 0 Å². The highest BCUT2D eigenvalue weighted by Gasteiger charge is 2.20. The molecule has 1 aliphatic heterocycles. The molecule has 15 heavy (non-hydrogen) atoms. The van der Waals surface area contributed by atoms with Gasteiger partial charge in [0.25, 0.3) is 0 Å². The lowest BCUT2D eigenvalue weighted by molar-refractivity contribution is 0.0887. The molecule has 0 bridgehead atoms. The van der Waals surface area contributed by atoms with E-state index in [2.05, 4.69) is 5.32 Å². The summed E-state index contributed by atoms with van der Waals surface area (Å²) in [7, 11) is 0. The average Bonchev–Trinajstić information content (AvgIpc) is 2.26. The summed E-state index contributed by atoms with van der Waals surface area (Å²) in [6.07, 6.45) is 0.960. The Hall–Kier alpha value is -0.850. The van der Waals surface area contributed by atoms with Crippen molar-refractivity contribution in [1.82, 2.24) is 10.2 Å². The van der Waals surface area contributed by atoms with E-state index in [1.54, 1.807) is 4.90 Å². The lowest BCUT2D eigenvalue weighted by Gasteiger charge is -2.31. The van der Waals surface area contributed by atoms with E-state index < -0.39 is 6.10 Å². The number of amides is 2. The first-order chi connectivity index (χ1) is 7.13. The quantitative estimate of drug-likeness (QED) is 0.459. The Labute approximate surface area is 89.1 Å². The second-order valence-electron chi connectivity index (χ2n) is 3.84. The van der Waals surface area contributed by atoms with Crippen LogP contribution in [0.3, 0.4) is 0 Å². The number of hydrogen-bond acceptors (Lipinski definition) is 4. The van der Waals surface area contributed by atoms with Crippen molar-refractivity contribution in [2.75, 3.05) is 26.2 Å². The standard InChI is InChI=1S/C9H19N3O3/c10-9(15)12-3-1-7(2-4-12)11-5-8(14)6-13/h7-8,11,13-14H,1-6H2,(H2,10,15). The molecule has 0 aromatic heterocycles. The van der Waals surface area contributed by atoms with Gasteiger partial charge in [0.2, 0.25) is 0 Å². The van der Waals surface area contributed by atoms with Crippen molar-refractivity contribution < 1.29 is 15.0 Å². The fourth-order valence-electron chi connectivity index (χ4n) is 1.67. The number of rotatable bonds is 4. The summed E-state index contributed by atoms with van der Waals surface area (Å²) in [5.41, 5.74) is 5.15. The molecule has 1 unspecified atom stereocenters. The number of aliphatic hydroxyl groups excluding tert-OH is 2. The molecule has 1 rings (SSSR count). The minimum absolute atomic E-state index is 0.229. The number of primary amides is 1. The predicted octanol–water partition coefficient (Wildman–Crippen LogP) is -1.53. The maximum atomic E-state index is 10.8. The molecule has 88 valence electrons. The van der Waals surface area contributed by atoms with Crippen LogP contribution in [0.25, 0.3) is 0 Å². The number of nitrogens with two attached hydrogens (primary N) is 1. The Morgan fingerprint density at radius 1 is 1.53 bits per heavy atom.